The summed E-state index contributed by atoms with van der Waals surface area (Å²) in [5.74, 6) is 1.47. The lowest BCUT2D eigenvalue weighted by atomic mass is 10.1. The van der Waals surface area contributed by atoms with Crippen LogP contribution in [0.4, 0.5) is 5.69 Å². The fourth-order valence-electron chi connectivity index (χ4n) is 2.99. The molecule has 1 aliphatic heterocycles. The van der Waals surface area contributed by atoms with Gasteiger partial charge in [-0.05, 0) is 37.7 Å². The molecular formula is C15H25N3O. The molecule has 19 heavy (non-hydrogen) atoms. The highest BCUT2D eigenvalue weighted by Gasteiger charge is 2.30. The van der Waals surface area contributed by atoms with E-state index in [9.17, 15) is 0 Å². The predicted molar refractivity (Wildman–Crippen MR) is 79.3 cm³/mol. The molecule has 0 aliphatic carbocycles. The van der Waals surface area contributed by atoms with Gasteiger partial charge in [0.05, 0.1) is 12.8 Å². The van der Waals surface area contributed by atoms with Crippen molar-refractivity contribution in [1.29, 1.82) is 0 Å². The first kappa shape index (κ1) is 14.2. The minimum atomic E-state index is 0.649. The average molecular weight is 263 g/mol. The summed E-state index contributed by atoms with van der Waals surface area (Å²) in [5.41, 5.74) is 7.93. The first-order valence-corrected chi connectivity index (χ1v) is 6.82. The quantitative estimate of drug-likeness (QED) is 0.839. The summed E-state index contributed by atoms with van der Waals surface area (Å²) >= 11 is 0. The Morgan fingerprint density at radius 1 is 1.37 bits per heavy atom. The molecule has 4 heteroatoms. The maximum Gasteiger partial charge on any atom is 0.141 e. The largest absolute Gasteiger partial charge is 0.495 e. The van der Waals surface area contributed by atoms with E-state index in [-0.39, 0.29) is 0 Å². The van der Waals surface area contributed by atoms with Crippen LogP contribution in [-0.2, 0) is 6.54 Å². The summed E-state index contributed by atoms with van der Waals surface area (Å²) in [6.45, 7) is 5.56. The Bertz CT molecular complexity index is 433. The standard InChI is InChI=1S/C15H25N3O/c1-11-8-18(10-14(11)17(2)3)9-12-5-6-15(19-4)13(16)7-12/h5-7,11,14H,8-10,16H2,1-4H3. The van der Waals surface area contributed by atoms with Gasteiger partial charge >= 0.3 is 0 Å². The van der Waals surface area contributed by atoms with Gasteiger partial charge in [0.25, 0.3) is 0 Å². The van der Waals surface area contributed by atoms with Gasteiger partial charge in [-0.3, -0.25) is 4.90 Å². The van der Waals surface area contributed by atoms with Gasteiger partial charge in [-0.25, -0.2) is 0 Å². The Balaban J connectivity index is 2.01. The number of hydrogen-bond donors (Lipinski definition) is 1. The van der Waals surface area contributed by atoms with Gasteiger partial charge in [-0.2, -0.15) is 0 Å². The highest BCUT2D eigenvalue weighted by Crippen LogP contribution is 2.25. The van der Waals surface area contributed by atoms with Crippen LogP contribution in [-0.4, -0.2) is 50.1 Å². The highest BCUT2D eigenvalue weighted by molar-refractivity contribution is 5.54. The smallest absolute Gasteiger partial charge is 0.141 e. The van der Waals surface area contributed by atoms with Crippen LogP contribution in [0.15, 0.2) is 18.2 Å². The van der Waals surface area contributed by atoms with Gasteiger partial charge < -0.3 is 15.4 Å². The summed E-state index contributed by atoms with van der Waals surface area (Å²) in [4.78, 5) is 4.82. The summed E-state index contributed by atoms with van der Waals surface area (Å²) in [6, 6.07) is 6.72. The van der Waals surface area contributed by atoms with Crippen molar-refractivity contribution in [2.45, 2.75) is 19.5 Å². The van der Waals surface area contributed by atoms with Crippen molar-refractivity contribution in [3.8, 4) is 5.75 Å². The number of ether oxygens (including phenoxy) is 1. The monoisotopic (exact) mass is 263 g/mol. The molecule has 0 spiro atoms. The van der Waals surface area contributed by atoms with Gasteiger partial charge in [-0.1, -0.05) is 13.0 Å². The molecule has 0 aromatic heterocycles. The van der Waals surface area contributed by atoms with Crippen LogP contribution in [0.25, 0.3) is 0 Å². The second-order valence-corrected chi connectivity index (χ2v) is 5.78. The van der Waals surface area contributed by atoms with E-state index in [4.69, 9.17) is 10.5 Å². The fourth-order valence-corrected chi connectivity index (χ4v) is 2.99. The van der Waals surface area contributed by atoms with E-state index >= 15 is 0 Å². The highest BCUT2D eigenvalue weighted by atomic mass is 16.5. The molecule has 0 bridgehead atoms. The average Bonchev–Trinajstić information content (AvgIpc) is 2.70. The number of anilines is 1. The molecule has 106 valence electrons. The summed E-state index contributed by atoms with van der Waals surface area (Å²) in [6.07, 6.45) is 0. The number of nitrogens with two attached hydrogens (primary N) is 1. The van der Waals surface area contributed by atoms with E-state index in [1.165, 1.54) is 5.56 Å². The number of benzene rings is 1. The van der Waals surface area contributed by atoms with Crippen LogP contribution in [0, 0.1) is 5.92 Å². The number of likely N-dealkylation sites (tertiary alicyclic amines) is 1. The third kappa shape index (κ3) is 3.19. The number of nitrogen functional groups attached to an aromatic ring is 1. The van der Waals surface area contributed by atoms with Crippen LogP contribution in [0.5, 0.6) is 5.75 Å². The van der Waals surface area contributed by atoms with Crippen LogP contribution < -0.4 is 10.5 Å². The number of rotatable bonds is 4. The van der Waals surface area contributed by atoms with Crippen molar-refractivity contribution < 1.29 is 4.74 Å². The van der Waals surface area contributed by atoms with E-state index in [2.05, 4.69) is 36.9 Å². The first-order valence-electron chi connectivity index (χ1n) is 6.82. The van der Waals surface area contributed by atoms with E-state index < -0.39 is 0 Å². The Kier molecular flexibility index (Phi) is 4.32. The SMILES string of the molecule is COc1ccc(CN2CC(C)C(N(C)C)C2)cc1N. The predicted octanol–water partition coefficient (Wildman–Crippen LogP) is 1.66. The molecule has 1 saturated heterocycles. The van der Waals surface area contributed by atoms with Crippen molar-refractivity contribution in [2.75, 3.05) is 40.0 Å². The maximum atomic E-state index is 5.96. The van der Waals surface area contributed by atoms with Crippen molar-refractivity contribution in [3.05, 3.63) is 23.8 Å². The van der Waals surface area contributed by atoms with E-state index in [1.54, 1.807) is 7.11 Å². The molecule has 2 atom stereocenters. The molecule has 4 nitrogen and oxygen atoms in total. The normalized spacial score (nSPS) is 24.1. The third-order valence-electron chi connectivity index (χ3n) is 4.01. The van der Waals surface area contributed by atoms with Gasteiger partial charge in [0.1, 0.15) is 5.75 Å². The lowest BCUT2D eigenvalue weighted by Crippen LogP contribution is -2.34. The second-order valence-electron chi connectivity index (χ2n) is 5.78. The van der Waals surface area contributed by atoms with E-state index in [0.29, 0.717) is 12.0 Å². The van der Waals surface area contributed by atoms with Gasteiger partial charge in [0, 0.05) is 25.7 Å². The van der Waals surface area contributed by atoms with Crippen LogP contribution in [0.1, 0.15) is 12.5 Å². The molecule has 1 fully saturated rings. The maximum absolute atomic E-state index is 5.96. The fraction of sp³-hybridized carbons (Fsp3) is 0.600. The minimum absolute atomic E-state index is 0.649. The van der Waals surface area contributed by atoms with Crippen molar-refractivity contribution in [2.24, 2.45) is 5.92 Å². The molecule has 1 heterocycles. The summed E-state index contributed by atoms with van der Waals surface area (Å²) in [7, 11) is 5.97. The Labute approximate surface area is 116 Å². The zero-order chi connectivity index (χ0) is 14.0. The molecule has 0 saturated carbocycles. The van der Waals surface area contributed by atoms with Crippen LogP contribution in [0.3, 0.4) is 0 Å². The number of nitrogens with zero attached hydrogens (tertiary/aromatic N) is 2. The van der Waals surface area contributed by atoms with Gasteiger partial charge in [-0.15, -0.1) is 0 Å². The van der Waals surface area contributed by atoms with Crippen molar-refractivity contribution in [3.63, 3.8) is 0 Å². The molecule has 0 amide bonds. The van der Waals surface area contributed by atoms with Crippen molar-refractivity contribution >= 4 is 5.69 Å². The molecule has 2 N–H and O–H groups in total. The summed E-state index contributed by atoms with van der Waals surface area (Å²) in [5, 5.41) is 0. The molecule has 1 aliphatic rings. The van der Waals surface area contributed by atoms with Crippen LogP contribution >= 0.6 is 0 Å². The topological polar surface area (TPSA) is 41.7 Å². The number of hydrogen-bond acceptors (Lipinski definition) is 4. The van der Waals surface area contributed by atoms with E-state index in [0.717, 1.165) is 31.1 Å². The van der Waals surface area contributed by atoms with Gasteiger partial charge in [0.2, 0.25) is 0 Å². The second kappa shape index (κ2) is 5.80. The zero-order valence-corrected chi connectivity index (χ0v) is 12.4. The molecule has 1 aromatic rings. The molecule has 0 radical (unpaired) electrons. The van der Waals surface area contributed by atoms with Crippen molar-refractivity contribution in [1.82, 2.24) is 9.80 Å². The Morgan fingerprint density at radius 3 is 2.63 bits per heavy atom. The van der Waals surface area contributed by atoms with Crippen LogP contribution in [0.2, 0.25) is 0 Å². The first-order chi connectivity index (χ1) is 9.01. The summed E-state index contributed by atoms with van der Waals surface area (Å²) < 4.78 is 5.19. The minimum Gasteiger partial charge on any atom is -0.495 e. The zero-order valence-electron chi connectivity index (χ0n) is 12.4. The number of likely N-dealkylation sites (N-methyl/N-ethyl adjacent to an activating group) is 1. The van der Waals surface area contributed by atoms with Gasteiger partial charge in [0.15, 0.2) is 0 Å². The third-order valence-corrected chi connectivity index (χ3v) is 4.01. The number of methoxy groups -OCH3 is 1. The van der Waals surface area contributed by atoms with E-state index in [1.807, 2.05) is 12.1 Å². The molecular weight excluding hydrogens is 238 g/mol. The lowest BCUT2D eigenvalue weighted by Gasteiger charge is -2.22. The Morgan fingerprint density at radius 2 is 2.11 bits per heavy atom. The molecule has 1 aromatic carbocycles. The molecule has 2 unspecified atom stereocenters. The Hall–Kier alpha value is -1.26. The lowest BCUT2D eigenvalue weighted by molar-refractivity contribution is 0.250. The molecule has 2 rings (SSSR count).